The summed E-state index contributed by atoms with van der Waals surface area (Å²) in [6.45, 7) is 1.29. The zero-order valence-electron chi connectivity index (χ0n) is 16.8. The van der Waals surface area contributed by atoms with Crippen LogP contribution in [-0.2, 0) is 4.79 Å². The van der Waals surface area contributed by atoms with E-state index in [0.717, 1.165) is 24.1 Å². The number of likely N-dealkylation sites (tertiary alicyclic amines) is 1. The molecule has 0 aliphatic carbocycles. The topological polar surface area (TPSA) is 54.3 Å². The van der Waals surface area contributed by atoms with Crippen molar-refractivity contribution in [2.24, 2.45) is 0 Å². The van der Waals surface area contributed by atoms with E-state index in [1.54, 1.807) is 6.08 Å². The van der Waals surface area contributed by atoms with Gasteiger partial charge in [0.1, 0.15) is 0 Å². The number of aromatic nitrogens is 1. The molecule has 2 amide bonds. The Hall–Kier alpha value is -3.60. The number of nitrogens with zero attached hydrogens (tertiary/aromatic N) is 2. The van der Waals surface area contributed by atoms with Gasteiger partial charge in [0.05, 0.1) is 0 Å². The SMILES string of the molecule is O=C(/C=C/c1ccccc1)NC1CCN(C(=O)c2ccc(-n3cccc3)cc2)CC1. The minimum absolute atomic E-state index is 0.0443. The van der Waals surface area contributed by atoms with Gasteiger partial charge in [-0.15, -0.1) is 0 Å². The maximum absolute atomic E-state index is 12.8. The van der Waals surface area contributed by atoms with Crippen LogP contribution >= 0.6 is 0 Å². The largest absolute Gasteiger partial charge is 0.350 e. The van der Waals surface area contributed by atoms with Gasteiger partial charge in [-0.2, -0.15) is 0 Å². The van der Waals surface area contributed by atoms with E-state index in [1.165, 1.54) is 0 Å². The van der Waals surface area contributed by atoms with Crippen molar-refractivity contribution in [1.82, 2.24) is 14.8 Å². The lowest BCUT2D eigenvalue weighted by Gasteiger charge is -2.32. The molecule has 0 spiro atoms. The number of hydrogen-bond donors (Lipinski definition) is 1. The normalized spacial score (nSPS) is 14.7. The molecule has 0 atom stereocenters. The number of benzene rings is 2. The highest BCUT2D eigenvalue weighted by Crippen LogP contribution is 2.16. The van der Waals surface area contributed by atoms with Crippen molar-refractivity contribution in [3.63, 3.8) is 0 Å². The van der Waals surface area contributed by atoms with Gasteiger partial charge >= 0.3 is 0 Å². The van der Waals surface area contributed by atoms with Crippen molar-refractivity contribution in [2.45, 2.75) is 18.9 Å². The first-order valence-electron chi connectivity index (χ1n) is 10.3. The fraction of sp³-hybridized carbons (Fsp3) is 0.200. The Morgan fingerprint density at radius 2 is 1.53 bits per heavy atom. The first kappa shape index (κ1) is 19.7. The molecule has 0 radical (unpaired) electrons. The van der Waals surface area contributed by atoms with Gasteiger partial charge in [0.15, 0.2) is 0 Å². The Bertz CT molecular complexity index is 1000. The van der Waals surface area contributed by atoms with E-state index >= 15 is 0 Å². The van der Waals surface area contributed by atoms with Gasteiger partial charge in [0.25, 0.3) is 5.91 Å². The maximum atomic E-state index is 12.8. The molecule has 1 saturated heterocycles. The fourth-order valence-electron chi connectivity index (χ4n) is 3.68. The van der Waals surface area contributed by atoms with E-state index in [-0.39, 0.29) is 17.9 Å². The molecular weight excluding hydrogens is 374 g/mol. The summed E-state index contributed by atoms with van der Waals surface area (Å²) in [5.74, 6) is -0.0490. The van der Waals surface area contributed by atoms with Crippen LogP contribution in [0.1, 0.15) is 28.8 Å². The standard InChI is InChI=1S/C25H25N3O2/c29-24(13-8-20-6-2-1-3-7-20)26-22-14-18-28(19-15-22)25(30)21-9-11-23(12-10-21)27-16-4-5-17-27/h1-13,16-17,22H,14-15,18-19H2,(H,26,29)/b13-8+. The molecule has 152 valence electrons. The second-order valence-electron chi connectivity index (χ2n) is 7.46. The van der Waals surface area contributed by atoms with Crippen molar-refractivity contribution < 1.29 is 9.59 Å². The van der Waals surface area contributed by atoms with Gasteiger partial charge in [-0.3, -0.25) is 9.59 Å². The van der Waals surface area contributed by atoms with Gasteiger partial charge in [0, 0.05) is 48.9 Å². The van der Waals surface area contributed by atoms with Crippen molar-refractivity contribution in [1.29, 1.82) is 0 Å². The van der Waals surface area contributed by atoms with Crippen LogP contribution in [0.5, 0.6) is 0 Å². The summed E-state index contributed by atoms with van der Waals surface area (Å²) in [5.41, 5.74) is 2.72. The smallest absolute Gasteiger partial charge is 0.253 e. The monoisotopic (exact) mass is 399 g/mol. The molecule has 0 unspecified atom stereocenters. The lowest BCUT2D eigenvalue weighted by Crippen LogP contribution is -2.46. The van der Waals surface area contributed by atoms with E-state index in [9.17, 15) is 9.59 Å². The first-order valence-corrected chi connectivity index (χ1v) is 10.3. The third kappa shape index (κ3) is 4.87. The molecule has 1 aliphatic heterocycles. The van der Waals surface area contributed by atoms with Crippen molar-refractivity contribution in [2.75, 3.05) is 13.1 Å². The molecule has 5 nitrogen and oxygen atoms in total. The molecule has 1 fully saturated rings. The van der Waals surface area contributed by atoms with Crippen LogP contribution in [0.4, 0.5) is 0 Å². The average molecular weight is 399 g/mol. The van der Waals surface area contributed by atoms with E-state index in [4.69, 9.17) is 0 Å². The van der Waals surface area contributed by atoms with E-state index in [0.29, 0.717) is 18.7 Å². The number of amides is 2. The van der Waals surface area contributed by atoms with Crippen LogP contribution in [0.2, 0.25) is 0 Å². The Morgan fingerprint density at radius 3 is 2.20 bits per heavy atom. The summed E-state index contributed by atoms with van der Waals surface area (Å²) in [6, 6.07) is 21.5. The molecular formula is C25H25N3O2. The highest BCUT2D eigenvalue weighted by atomic mass is 16.2. The molecule has 2 heterocycles. The summed E-state index contributed by atoms with van der Waals surface area (Å²) in [6.07, 6.45) is 8.86. The summed E-state index contributed by atoms with van der Waals surface area (Å²) in [5, 5.41) is 3.04. The quantitative estimate of drug-likeness (QED) is 0.662. The number of hydrogen-bond acceptors (Lipinski definition) is 2. The molecule has 1 N–H and O–H groups in total. The van der Waals surface area contributed by atoms with Crippen LogP contribution < -0.4 is 5.32 Å². The van der Waals surface area contributed by atoms with Crippen molar-refractivity contribution >= 4 is 17.9 Å². The van der Waals surface area contributed by atoms with Crippen LogP contribution in [0, 0.1) is 0 Å². The number of rotatable bonds is 5. The average Bonchev–Trinajstić information content (AvgIpc) is 3.34. The second kappa shape index (κ2) is 9.27. The first-order chi connectivity index (χ1) is 14.7. The Morgan fingerprint density at radius 1 is 0.867 bits per heavy atom. The summed E-state index contributed by atoms with van der Waals surface area (Å²) in [7, 11) is 0. The van der Waals surface area contributed by atoms with E-state index in [2.05, 4.69) is 5.32 Å². The lowest BCUT2D eigenvalue weighted by atomic mass is 10.0. The number of carbonyl (C=O) groups excluding carboxylic acids is 2. The maximum Gasteiger partial charge on any atom is 0.253 e. The predicted molar refractivity (Wildman–Crippen MR) is 118 cm³/mol. The molecule has 0 bridgehead atoms. The van der Waals surface area contributed by atoms with Crippen LogP contribution in [0.25, 0.3) is 11.8 Å². The Kier molecular flexibility index (Phi) is 6.09. The molecule has 0 saturated carbocycles. The van der Waals surface area contributed by atoms with Gasteiger partial charge < -0.3 is 14.8 Å². The minimum Gasteiger partial charge on any atom is -0.350 e. The van der Waals surface area contributed by atoms with E-state index < -0.39 is 0 Å². The van der Waals surface area contributed by atoms with Gasteiger partial charge in [0.2, 0.25) is 5.91 Å². The number of nitrogens with one attached hydrogen (secondary N) is 1. The van der Waals surface area contributed by atoms with Gasteiger partial charge in [-0.25, -0.2) is 0 Å². The number of carbonyl (C=O) groups is 2. The van der Waals surface area contributed by atoms with Crippen LogP contribution in [-0.4, -0.2) is 40.4 Å². The van der Waals surface area contributed by atoms with Crippen LogP contribution in [0.15, 0.2) is 85.2 Å². The molecule has 1 aromatic heterocycles. The van der Waals surface area contributed by atoms with Crippen LogP contribution in [0.3, 0.4) is 0 Å². The lowest BCUT2D eigenvalue weighted by molar-refractivity contribution is -0.117. The molecule has 3 aromatic rings. The highest BCUT2D eigenvalue weighted by Gasteiger charge is 2.24. The van der Waals surface area contributed by atoms with Gasteiger partial charge in [-0.05, 0) is 60.9 Å². The summed E-state index contributed by atoms with van der Waals surface area (Å²) in [4.78, 5) is 26.8. The molecule has 30 heavy (non-hydrogen) atoms. The fourth-order valence-corrected chi connectivity index (χ4v) is 3.68. The second-order valence-corrected chi connectivity index (χ2v) is 7.46. The highest BCUT2D eigenvalue weighted by molar-refractivity contribution is 5.94. The summed E-state index contributed by atoms with van der Waals surface area (Å²) < 4.78 is 2.01. The van der Waals surface area contributed by atoms with Crippen molar-refractivity contribution in [3.8, 4) is 5.69 Å². The third-order valence-electron chi connectivity index (χ3n) is 5.37. The summed E-state index contributed by atoms with van der Waals surface area (Å²) >= 11 is 0. The Labute approximate surface area is 176 Å². The zero-order chi connectivity index (χ0) is 20.8. The van der Waals surface area contributed by atoms with Crippen molar-refractivity contribution in [3.05, 3.63) is 96.3 Å². The zero-order valence-corrected chi connectivity index (χ0v) is 16.8. The van der Waals surface area contributed by atoms with E-state index in [1.807, 2.05) is 94.7 Å². The minimum atomic E-state index is -0.0933. The molecule has 5 heteroatoms. The Balaban J connectivity index is 1.27. The number of piperidine rings is 1. The third-order valence-corrected chi connectivity index (χ3v) is 5.37. The predicted octanol–water partition coefficient (Wildman–Crippen LogP) is 3.91. The molecule has 4 rings (SSSR count). The molecule has 2 aromatic carbocycles. The van der Waals surface area contributed by atoms with Gasteiger partial charge in [-0.1, -0.05) is 30.3 Å². The molecule has 1 aliphatic rings.